The average Bonchev–Trinajstić information content (AvgIpc) is 2.47. The van der Waals surface area contributed by atoms with E-state index in [1.165, 1.54) is 5.57 Å². The lowest BCUT2D eigenvalue weighted by Gasteiger charge is -2.28. The first kappa shape index (κ1) is 11.3. The summed E-state index contributed by atoms with van der Waals surface area (Å²) in [6, 6.07) is 0. The highest BCUT2D eigenvalue weighted by molar-refractivity contribution is 5.82. The smallest absolute Gasteiger partial charge is 0.136 e. The molecule has 2 aliphatic carbocycles. The molecular formula is C14H18O2. The van der Waals surface area contributed by atoms with Crippen molar-refractivity contribution in [2.45, 2.75) is 32.3 Å². The van der Waals surface area contributed by atoms with Crippen LogP contribution in [0.4, 0.5) is 0 Å². The molecule has 1 unspecified atom stereocenters. The third-order valence-electron chi connectivity index (χ3n) is 3.56. The number of Topliss-reactive ketones (excluding diaryl/α,β-unsaturated/α-hetero) is 1. The minimum atomic E-state index is -0.497. The Hall–Kier alpha value is -1.15. The second-order valence-electron chi connectivity index (χ2n) is 4.65. The van der Waals surface area contributed by atoms with Crippen molar-refractivity contribution in [3.63, 3.8) is 0 Å². The van der Waals surface area contributed by atoms with Gasteiger partial charge in [0.25, 0.3) is 0 Å². The van der Waals surface area contributed by atoms with Gasteiger partial charge in [0.05, 0.1) is 6.10 Å². The molecule has 3 atom stereocenters. The molecule has 2 heteroatoms. The summed E-state index contributed by atoms with van der Waals surface area (Å²) in [5.41, 5.74) is 1.17. The Bertz CT molecular complexity index is 363. The number of carbonyl (C=O) groups excluding carboxylic acids is 1. The monoisotopic (exact) mass is 218 g/mol. The summed E-state index contributed by atoms with van der Waals surface area (Å²) in [6.07, 6.45) is 11.7. The molecule has 0 aromatic carbocycles. The van der Waals surface area contributed by atoms with E-state index in [0.717, 1.165) is 19.3 Å². The van der Waals surface area contributed by atoms with E-state index < -0.39 is 6.10 Å². The Morgan fingerprint density at radius 1 is 1.38 bits per heavy atom. The van der Waals surface area contributed by atoms with Gasteiger partial charge in [0.1, 0.15) is 5.78 Å². The van der Waals surface area contributed by atoms with Crippen LogP contribution in [-0.4, -0.2) is 17.0 Å². The van der Waals surface area contributed by atoms with E-state index in [1.54, 1.807) is 12.2 Å². The summed E-state index contributed by atoms with van der Waals surface area (Å²) < 4.78 is 0. The van der Waals surface area contributed by atoms with Crippen LogP contribution < -0.4 is 0 Å². The fraction of sp³-hybridized carbons (Fsp3) is 0.500. The predicted molar refractivity (Wildman–Crippen MR) is 63.9 cm³/mol. The molecule has 2 nitrogen and oxygen atoms in total. The first-order chi connectivity index (χ1) is 7.68. The molecule has 0 aromatic rings. The Morgan fingerprint density at radius 3 is 3.00 bits per heavy atom. The zero-order valence-corrected chi connectivity index (χ0v) is 9.60. The van der Waals surface area contributed by atoms with Crippen molar-refractivity contribution in [1.29, 1.82) is 0 Å². The number of hydrogen-bond acceptors (Lipinski definition) is 2. The lowest BCUT2D eigenvalue weighted by molar-refractivity contribution is -0.125. The van der Waals surface area contributed by atoms with E-state index in [9.17, 15) is 9.90 Å². The molecule has 0 aromatic heterocycles. The zero-order valence-electron chi connectivity index (χ0n) is 9.60. The maximum atomic E-state index is 11.7. The van der Waals surface area contributed by atoms with Crippen molar-refractivity contribution in [2.24, 2.45) is 11.8 Å². The summed E-state index contributed by atoms with van der Waals surface area (Å²) in [4.78, 5) is 11.7. The number of ketones is 1. The number of hydrogen-bond donors (Lipinski definition) is 1. The number of aliphatic hydroxyl groups excluding tert-OH is 1. The molecule has 0 spiro atoms. The second kappa shape index (κ2) is 4.79. The predicted octanol–water partition coefficient (Wildman–Crippen LogP) is 2.41. The largest absolute Gasteiger partial charge is 0.385 e. The standard InChI is InChI=1S/C14H18O2/c1-10-13(6-3-7-14(10)16)11-4-2-5-12(15)9-8-11/h2,4-5,8-10,12-13,15H,3,6-7H2,1H3/t10-,12?,13+/m1/s1. The van der Waals surface area contributed by atoms with E-state index in [1.807, 2.05) is 25.2 Å². The van der Waals surface area contributed by atoms with E-state index in [2.05, 4.69) is 0 Å². The molecule has 2 rings (SSSR count). The molecule has 0 saturated heterocycles. The molecule has 1 fully saturated rings. The fourth-order valence-electron chi connectivity index (χ4n) is 2.51. The van der Waals surface area contributed by atoms with Crippen LogP contribution in [-0.2, 0) is 4.79 Å². The van der Waals surface area contributed by atoms with Gasteiger partial charge < -0.3 is 5.11 Å². The SMILES string of the molecule is C[C@H]1C(=O)CCC[C@@H]1C1=CC=CC(O)C=C1. The fourth-order valence-corrected chi connectivity index (χ4v) is 2.51. The van der Waals surface area contributed by atoms with E-state index >= 15 is 0 Å². The molecule has 0 radical (unpaired) electrons. The van der Waals surface area contributed by atoms with Gasteiger partial charge in [-0.2, -0.15) is 0 Å². The van der Waals surface area contributed by atoms with Crippen LogP contribution in [0.5, 0.6) is 0 Å². The van der Waals surface area contributed by atoms with Crippen LogP contribution >= 0.6 is 0 Å². The second-order valence-corrected chi connectivity index (χ2v) is 4.65. The molecule has 86 valence electrons. The highest BCUT2D eigenvalue weighted by atomic mass is 16.3. The van der Waals surface area contributed by atoms with Crippen LogP contribution in [0.15, 0.2) is 36.0 Å². The van der Waals surface area contributed by atoms with Crippen molar-refractivity contribution in [2.75, 3.05) is 0 Å². The average molecular weight is 218 g/mol. The van der Waals surface area contributed by atoms with Crippen LogP contribution in [0.1, 0.15) is 26.2 Å². The maximum absolute atomic E-state index is 11.7. The number of allylic oxidation sites excluding steroid dienone is 4. The minimum absolute atomic E-state index is 0.119. The van der Waals surface area contributed by atoms with E-state index in [4.69, 9.17) is 0 Å². The van der Waals surface area contributed by atoms with Crippen molar-refractivity contribution in [3.05, 3.63) is 36.0 Å². The van der Waals surface area contributed by atoms with Gasteiger partial charge in [0.2, 0.25) is 0 Å². The molecule has 16 heavy (non-hydrogen) atoms. The van der Waals surface area contributed by atoms with Crippen LogP contribution in [0, 0.1) is 11.8 Å². The molecule has 1 saturated carbocycles. The zero-order chi connectivity index (χ0) is 11.5. The van der Waals surface area contributed by atoms with Gasteiger partial charge in [0.15, 0.2) is 0 Å². The lowest BCUT2D eigenvalue weighted by Crippen LogP contribution is -2.26. The summed E-state index contributed by atoms with van der Waals surface area (Å²) in [5, 5.41) is 9.45. The Morgan fingerprint density at radius 2 is 2.19 bits per heavy atom. The first-order valence-corrected chi connectivity index (χ1v) is 5.96. The maximum Gasteiger partial charge on any atom is 0.136 e. The normalized spacial score (nSPS) is 34.8. The van der Waals surface area contributed by atoms with Gasteiger partial charge in [-0.3, -0.25) is 4.79 Å². The summed E-state index contributed by atoms with van der Waals surface area (Å²) in [5.74, 6) is 0.820. The van der Waals surface area contributed by atoms with E-state index in [0.29, 0.717) is 11.7 Å². The third kappa shape index (κ3) is 2.33. The number of rotatable bonds is 1. The summed E-state index contributed by atoms with van der Waals surface area (Å²) >= 11 is 0. The molecule has 2 aliphatic rings. The number of carbonyl (C=O) groups is 1. The van der Waals surface area contributed by atoms with Gasteiger partial charge in [-0.25, -0.2) is 0 Å². The van der Waals surface area contributed by atoms with Crippen molar-refractivity contribution >= 4 is 5.78 Å². The quantitative estimate of drug-likeness (QED) is 0.733. The Kier molecular flexibility index (Phi) is 3.39. The highest BCUT2D eigenvalue weighted by Crippen LogP contribution is 2.33. The van der Waals surface area contributed by atoms with E-state index in [-0.39, 0.29) is 5.92 Å². The van der Waals surface area contributed by atoms with Gasteiger partial charge >= 0.3 is 0 Å². The van der Waals surface area contributed by atoms with Gasteiger partial charge in [-0.05, 0) is 24.3 Å². The van der Waals surface area contributed by atoms with Gasteiger partial charge in [0, 0.05) is 12.3 Å². The Balaban J connectivity index is 2.18. The lowest BCUT2D eigenvalue weighted by atomic mass is 9.75. The molecular weight excluding hydrogens is 200 g/mol. The van der Waals surface area contributed by atoms with Gasteiger partial charge in [-0.15, -0.1) is 0 Å². The molecule has 1 N–H and O–H groups in total. The van der Waals surface area contributed by atoms with Crippen LogP contribution in [0.2, 0.25) is 0 Å². The highest BCUT2D eigenvalue weighted by Gasteiger charge is 2.29. The summed E-state index contributed by atoms with van der Waals surface area (Å²) in [6.45, 7) is 2.02. The minimum Gasteiger partial charge on any atom is -0.385 e. The molecule has 0 heterocycles. The molecule has 0 amide bonds. The van der Waals surface area contributed by atoms with Crippen LogP contribution in [0.25, 0.3) is 0 Å². The molecule has 0 aliphatic heterocycles. The third-order valence-corrected chi connectivity index (χ3v) is 3.56. The van der Waals surface area contributed by atoms with Crippen LogP contribution in [0.3, 0.4) is 0 Å². The molecule has 0 bridgehead atoms. The van der Waals surface area contributed by atoms with Crippen molar-refractivity contribution in [1.82, 2.24) is 0 Å². The van der Waals surface area contributed by atoms with Gasteiger partial charge in [-0.1, -0.05) is 37.3 Å². The topological polar surface area (TPSA) is 37.3 Å². The van der Waals surface area contributed by atoms with Crippen molar-refractivity contribution in [3.8, 4) is 0 Å². The summed E-state index contributed by atoms with van der Waals surface area (Å²) in [7, 11) is 0. The van der Waals surface area contributed by atoms with Crippen molar-refractivity contribution < 1.29 is 9.90 Å². The Labute approximate surface area is 96.4 Å². The number of aliphatic hydroxyl groups is 1. The first-order valence-electron chi connectivity index (χ1n) is 5.96.